The molecule has 2 aromatic rings. The number of carbonyl (C=O) groups excluding carboxylic acids is 1. The molecule has 0 aliphatic carbocycles. The molecule has 0 fully saturated rings. The monoisotopic (exact) mass is 447 g/mol. The van der Waals surface area contributed by atoms with E-state index in [9.17, 15) is 13.2 Å². The second-order valence-corrected chi connectivity index (χ2v) is 9.66. The minimum absolute atomic E-state index is 0.0877. The zero-order chi connectivity index (χ0) is 23.2. The minimum atomic E-state index is -3.95. The van der Waals surface area contributed by atoms with Crippen LogP contribution >= 0.6 is 0 Å². The zero-order valence-corrected chi connectivity index (χ0v) is 19.9. The highest BCUT2D eigenvalue weighted by atomic mass is 32.2. The maximum atomic E-state index is 13.0. The van der Waals surface area contributed by atoms with Crippen LogP contribution in [0.4, 0.5) is 5.69 Å². The molecule has 1 atom stereocenters. The van der Waals surface area contributed by atoms with Crippen molar-refractivity contribution in [1.82, 2.24) is 10.2 Å². The summed E-state index contributed by atoms with van der Waals surface area (Å²) in [5.41, 5.74) is 1.81. The van der Waals surface area contributed by atoms with Crippen LogP contribution in [0.1, 0.15) is 36.7 Å². The van der Waals surface area contributed by atoms with Crippen LogP contribution in [0.2, 0.25) is 0 Å². The van der Waals surface area contributed by atoms with Gasteiger partial charge in [-0.15, -0.1) is 0 Å². The lowest BCUT2D eigenvalue weighted by Gasteiger charge is -2.28. The molecule has 0 aliphatic rings. The quantitative estimate of drug-likeness (QED) is 0.583. The largest absolute Gasteiger partial charge is 0.495 e. The Morgan fingerprint density at radius 3 is 2.26 bits per heavy atom. The summed E-state index contributed by atoms with van der Waals surface area (Å²) in [5.74, 6) is 0.187. The molecule has 1 unspecified atom stereocenters. The van der Waals surface area contributed by atoms with Crippen LogP contribution in [0.5, 0.6) is 5.75 Å². The van der Waals surface area contributed by atoms with E-state index in [1.807, 2.05) is 33.2 Å². The van der Waals surface area contributed by atoms with E-state index in [0.29, 0.717) is 18.2 Å². The molecule has 31 heavy (non-hydrogen) atoms. The molecule has 2 aromatic carbocycles. The number of hydrogen-bond acceptors (Lipinski definition) is 5. The number of amides is 1. The van der Waals surface area contributed by atoms with Crippen molar-refractivity contribution in [2.75, 3.05) is 32.5 Å². The number of likely N-dealkylation sites (N-methyl/N-ethyl adjacent to an activating group) is 1. The molecule has 170 valence electrons. The Bertz CT molecular complexity index is 978. The van der Waals surface area contributed by atoms with Gasteiger partial charge in [-0.3, -0.25) is 9.52 Å². The van der Waals surface area contributed by atoms with E-state index in [0.717, 1.165) is 12.0 Å². The third kappa shape index (κ3) is 6.45. The van der Waals surface area contributed by atoms with Crippen molar-refractivity contribution in [3.8, 4) is 5.75 Å². The molecule has 0 heterocycles. The maximum absolute atomic E-state index is 13.0. The summed E-state index contributed by atoms with van der Waals surface area (Å²) in [6, 6.07) is 11.7. The van der Waals surface area contributed by atoms with Crippen LogP contribution in [0.3, 0.4) is 0 Å². The normalized spacial score (nSPS) is 12.6. The maximum Gasteiger partial charge on any atom is 0.265 e. The van der Waals surface area contributed by atoms with Crippen LogP contribution < -0.4 is 14.8 Å². The number of rotatable bonds is 10. The average Bonchev–Trinajstić information content (AvgIpc) is 2.73. The molecule has 2 rings (SSSR count). The smallest absolute Gasteiger partial charge is 0.265 e. The Kier molecular flexibility index (Phi) is 8.47. The molecule has 0 aliphatic heterocycles. The van der Waals surface area contributed by atoms with E-state index >= 15 is 0 Å². The number of sulfonamides is 1. The van der Waals surface area contributed by atoms with Gasteiger partial charge in [-0.2, -0.15) is 0 Å². The highest BCUT2D eigenvalue weighted by Crippen LogP contribution is 2.27. The van der Waals surface area contributed by atoms with Gasteiger partial charge in [0.2, 0.25) is 0 Å². The number of benzene rings is 2. The fourth-order valence-corrected chi connectivity index (χ4v) is 4.62. The van der Waals surface area contributed by atoms with Gasteiger partial charge in [-0.25, -0.2) is 8.42 Å². The molecule has 0 bridgehead atoms. The summed E-state index contributed by atoms with van der Waals surface area (Å²) in [7, 11) is 1.38. The predicted octanol–water partition coefficient (Wildman–Crippen LogP) is 3.37. The van der Waals surface area contributed by atoms with Crippen molar-refractivity contribution < 1.29 is 17.9 Å². The topological polar surface area (TPSA) is 87.7 Å². The summed E-state index contributed by atoms with van der Waals surface area (Å²) in [5, 5.41) is 2.90. The third-order valence-corrected chi connectivity index (χ3v) is 6.64. The van der Waals surface area contributed by atoms with Crippen molar-refractivity contribution in [2.24, 2.45) is 5.92 Å². The highest BCUT2D eigenvalue weighted by molar-refractivity contribution is 7.92. The first-order valence-corrected chi connectivity index (χ1v) is 11.8. The van der Waals surface area contributed by atoms with Crippen molar-refractivity contribution >= 4 is 21.6 Å². The van der Waals surface area contributed by atoms with E-state index < -0.39 is 10.0 Å². The van der Waals surface area contributed by atoms with E-state index in [-0.39, 0.29) is 28.2 Å². The number of nitrogens with zero attached hydrogens (tertiary/aromatic N) is 1. The predicted molar refractivity (Wildman–Crippen MR) is 124 cm³/mol. The first-order chi connectivity index (χ1) is 14.6. The summed E-state index contributed by atoms with van der Waals surface area (Å²) in [6.07, 6.45) is 0.865. The summed E-state index contributed by atoms with van der Waals surface area (Å²) in [6.45, 7) is 6.67. The van der Waals surface area contributed by atoms with Crippen LogP contribution in [-0.2, 0) is 16.4 Å². The van der Waals surface area contributed by atoms with Crippen molar-refractivity contribution in [3.63, 3.8) is 0 Å². The Balaban J connectivity index is 2.26. The van der Waals surface area contributed by atoms with Gasteiger partial charge in [-0.05, 0) is 62.3 Å². The van der Waals surface area contributed by atoms with Crippen molar-refractivity contribution in [3.05, 3.63) is 53.6 Å². The second-order valence-electron chi connectivity index (χ2n) is 8.01. The number of aryl methyl sites for hydroxylation is 1. The molecule has 7 nitrogen and oxygen atoms in total. The molecule has 8 heteroatoms. The van der Waals surface area contributed by atoms with Gasteiger partial charge in [-0.1, -0.05) is 32.9 Å². The number of hydrogen-bond donors (Lipinski definition) is 2. The molecule has 0 saturated heterocycles. The van der Waals surface area contributed by atoms with Crippen molar-refractivity contribution in [1.29, 1.82) is 0 Å². The first kappa shape index (κ1) is 24.7. The SMILES string of the molecule is CCc1ccc(NS(=O)(=O)c2cc(C(=O)NCC(C(C)C)N(C)C)ccc2OC)cc1. The van der Waals surface area contributed by atoms with Crippen molar-refractivity contribution in [2.45, 2.75) is 38.1 Å². The Hall–Kier alpha value is -2.58. The summed E-state index contributed by atoms with van der Waals surface area (Å²) in [4.78, 5) is 14.7. The van der Waals surface area contributed by atoms with E-state index in [1.54, 1.807) is 18.2 Å². The number of carbonyl (C=O) groups is 1. The van der Waals surface area contributed by atoms with Gasteiger partial charge in [0.1, 0.15) is 10.6 Å². The Morgan fingerprint density at radius 1 is 1.10 bits per heavy atom. The Labute approximate surface area is 185 Å². The standard InChI is InChI=1S/C23H33N3O4S/c1-7-17-8-11-19(12-9-17)25-31(28,29)22-14-18(10-13-21(22)30-6)23(27)24-15-20(16(2)3)26(4)5/h8-14,16,20,25H,7,15H2,1-6H3,(H,24,27). The van der Waals surface area contributed by atoms with Gasteiger partial charge in [0, 0.05) is 23.8 Å². The lowest BCUT2D eigenvalue weighted by molar-refractivity contribution is 0.0934. The molecular weight excluding hydrogens is 414 g/mol. The van der Waals surface area contributed by atoms with Crippen LogP contribution in [0.25, 0.3) is 0 Å². The van der Waals surface area contributed by atoms with E-state index in [4.69, 9.17) is 4.74 Å². The lowest BCUT2D eigenvalue weighted by atomic mass is 10.0. The van der Waals surface area contributed by atoms with Gasteiger partial charge < -0.3 is 15.0 Å². The van der Waals surface area contributed by atoms with Gasteiger partial charge in [0.05, 0.1) is 7.11 Å². The van der Waals surface area contributed by atoms with E-state index in [1.165, 1.54) is 19.2 Å². The molecule has 0 aromatic heterocycles. The molecule has 0 saturated carbocycles. The second kappa shape index (κ2) is 10.6. The fraction of sp³-hybridized carbons (Fsp3) is 0.435. The fourth-order valence-electron chi connectivity index (χ4n) is 3.36. The van der Waals surface area contributed by atoms with Crippen LogP contribution in [0.15, 0.2) is 47.4 Å². The minimum Gasteiger partial charge on any atom is -0.495 e. The van der Waals surface area contributed by atoms with Gasteiger partial charge in [0.25, 0.3) is 15.9 Å². The zero-order valence-electron chi connectivity index (χ0n) is 19.1. The molecular formula is C23H33N3O4S. The number of nitrogens with one attached hydrogen (secondary N) is 2. The van der Waals surface area contributed by atoms with Gasteiger partial charge in [0.15, 0.2) is 0 Å². The number of anilines is 1. The first-order valence-electron chi connectivity index (χ1n) is 10.3. The number of methoxy groups -OCH3 is 1. The van der Waals surface area contributed by atoms with E-state index in [2.05, 4.69) is 28.8 Å². The number of ether oxygens (including phenoxy) is 1. The van der Waals surface area contributed by atoms with Crippen LogP contribution in [0, 0.1) is 5.92 Å². The molecule has 0 radical (unpaired) electrons. The summed E-state index contributed by atoms with van der Waals surface area (Å²) < 4.78 is 33.9. The molecule has 1 amide bonds. The van der Waals surface area contributed by atoms with Crippen LogP contribution in [-0.4, -0.2) is 53.0 Å². The summed E-state index contributed by atoms with van der Waals surface area (Å²) >= 11 is 0. The molecule has 2 N–H and O–H groups in total. The average molecular weight is 448 g/mol. The third-order valence-electron chi connectivity index (χ3n) is 5.23. The lowest BCUT2D eigenvalue weighted by Crippen LogP contribution is -2.43. The Morgan fingerprint density at radius 2 is 1.74 bits per heavy atom. The highest BCUT2D eigenvalue weighted by Gasteiger charge is 2.23. The van der Waals surface area contributed by atoms with Gasteiger partial charge >= 0.3 is 0 Å². The molecule has 0 spiro atoms.